The van der Waals surface area contributed by atoms with Gasteiger partial charge in [0, 0.05) is 69.4 Å². The molecule has 0 aromatic heterocycles. The number of piperidine rings is 1. The zero-order valence-corrected chi connectivity index (χ0v) is 29.4. The minimum Gasteiger partial charge on any atom is -0.454 e. The molecule has 2 aromatic rings. The third-order valence-corrected chi connectivity index (χ3v) is 15.0. The van der Waals surface area contributed by atoms with Gasteiger partial charge in [-0.2, -0.15) is 0 Å². The van der Waals surface area contributed by atoms with Crippen LogP contribution in [0.1, 0.15) is 54.9 Å². The second-order valence-corrected chi connectivity index (χ2v) is 17.1. The molecule has 1 spiro atoms. The number of anilines is 1. The van der Waals surface area contributed by atoms with Crippen LogP contribution in [0.15, 0.2) is 54.6 Å². The number of likely N-dealkylation sites (tertiary alicyclic amines) is 1. The number of rotatable bonds is 10. The molecule has 7 bridgehead atoms. The first-order valence-electron chi connectivity index (χ1n) is 17.6. The van der Waals surface area contributed by atoms with Crippen LogP contribution < -0.4 is 4.72 Å². The lowest BCUT2D eigenvalue weighted by Crippen LogP contribution is -2.83. The number of nitrogens with zero attached hydrogens (tertiary/aromatic N) is 1. The number of hydrogen-bond acceptors (Lipinski definition) is 10. The van der Waals surface area contributed by atoms with Crippen molar-refractivity contribution < 1.29 is 42.4 Å². The topological polar surface area (TPSA) is 144 Å². The second-order valence-electron chi connectivity index (χ2n) is 15.3. The third kappa shape index (κ3) is 4.34. The summed E-state index contributed by atoms with van der Waals surface area (Å²) in [7, 11) is 1.16. The molecule has 3 N–H and O–H groups in total. The van der Waals surface area contributed by atoms with Gasteiger partial charge in [0.1, 0.15) is 16.8 Å². The van der Waals surface area contributed by atoms with Crippen LogP contribution in [-0.4, -0.2) is 105 Å². The monoisotopic (exact) mass is 696 g/mol. The number of likely N-dealkylation sites (N-methyl/N-ethyl adjacent to an activating group) is 1. The largest absolute Gasteiger partial charge is 0.454 e. The van der Waals surface area contributed by atoms with Crippen LogP contribution in [0.2, 0.25) is 0 Å². The number of ether oxygens (including phenoxy) is 4. The van der Waals surface area contributed by atoms with Crippen molar-refractivity contribution in [3.63, 3.8) is 0 Å². The number of carbonyl (C=O) groups is 1. The fourth-order valence-electron chi connectivity index (χ4n) is 12.4. The number of sulfonamides is 1. The summed E-state index contributed by atoms with van der Waals surface area (Å²) in [6.07, 6.45) is 1.51. The lowest BCUT2D eigenvalue weighted by atomic mass is 9.44. The van der Waals surface area contributed by atoms with Gasteiger partial charge < -0.3 is 29.2 Å². The molecule has 5 saturated carbocycles. The molecule has 1 saturated heterocycles. The number of aliphatic hydroxyl groups is 2. The van der Waals surface area contributed by atoms with Crippen molar-refractivity contribution in [3.8, 4) is 0 Å². The molecular formula is C37H48N2O9S. The Morgan fingerprint density at radius 1 is 0.980 bits per heavy atom. The predicted octanol–water partition coefficient (Wildman–Crippen LogP) is 3.21. The molecule has 5 aliphatic carbocycles. The fourth-order valence-corrected chi connectivity index (χ4v) is 13.6. The predicted molar refractivity (Wildman–Crippen MR) is 180 cm³/mol. The number of para-hydroxylation sites is 1. The molecule has 2 aromatic carbocycles. The lowest BCUT2D eigenvalue weighted by Gasteiger charge is -2.70. The third-order valence-electron chi connectivity index (χ3n) is 13.8. The summed E-state index contributed by atoms with van der Waals surface area (Å²) in [5.41, 5.74) is -3.64. The summed E-state index contributed by atoms with van der Waals surface area (Å²) in [4.78, 5) is 16.8. The van der Waals surface area contributed by atoms with Gasteiger partial charge in [0.2, 0.25) is 10.0 Å². The summed E-state index contributed by atoms with van der Waals surface area (Å²) in [5, 5.41) is 25.9. The Bertz CT molecular complexity index is 1730. The van der Waals surface area contributed by atoms with Gasteiger partial charge >= 0.3 is 5.97 Å². The molecule has 1 aliphatic heterocycles. The summed E-state index contributed by atoms with van der Waals surface area (Å²) in [6, 6.07) is 15.4. The Labute approximate surface area is 288 Å². The summed E-state index contributed by atoms with van der Waals surface area (Å²) in [5.74, 6) is -1.87. The van der Waals surface area contributed by atoms with Crippen molar-refractivity contribution in [1.29, 1.82) is 0 Å². The minimum absolute atomic E-state index is 0.0983. The highest BCUT2D eigenvalue weighted by Gasteiger charge is 2.89. The SMILES string of the molecule is CCN1C[C@]2(OC(=O)c3ccccc3NS(=O)(=O)Cc3ccccc3)CC[C@H](OC)[C@]34C1[C@H](C[C@H]23)[C@@]1(O)C[C@H](OC)[C@H]2C[C@@H]4[C@]1(O)[C@H]2OC. The van der Waals surface area contributed by atoms with Crippen LogP contribution in [-0.2, 0) is 34.7 Å². The van der Waals surface area contributed by atoms with E-state index in [4.69, 9.17) is 18.9 Å². The molecule has 11 nitrogen and oxygen atoms in total. The van der Waals surface area contributed by atoms with E-state index in [2.05, 4.69) is 16.5 Å². The maximum absolute atomic E-state index is 14.4. The molecule has 0 amide bonds. The number of carbonyl (C=O) groups excluding carboxylic acids is 1. The molecule has 12 heteroatoms. The molecule has 1 unspecified atom stereocenters. The Morgan fingerprint density at radius 3 is 2.41 bits per heavy atom. The van der Waals surface area contributed by atoms with Gasteiger partial charge in [-0.25, -0.2) is 13.2 Å². The smallest absolute Gasteiger partial charge is 0.340 e. The highest BCUT2D eigenvalue weighted by molar-refractivity contribution is 7.91. The molecule has 6 fully saturated rings. The van der Waals surface area contributed by atoms with Crippen LogP contribution in [0.5, 0.6) is 0 Å². The van der Waals surface area contributed by atoms with Crippen molar-refractivity contribution in [2.45, 2.75) is 85.9 Å². The maximum Gasteiger partial charge on any atom is 0.340 e. The molecule has 6 aliphatic rings. The second kappa shape index (κ2) is 11.5. The van der Waals surface area contributed by atoms with E-state index in [0.29, 0.717) is 50.8 Å². The average Bonchev–Trinajstić information content (AvgIpc) is 3.51. The van der Waals surface area contributed by atoms with Crippen LogP contribution in [0.4, 0.5) is 5.69 Å². The van der Waals surface area contributed by atoms with E-state index in [1.165, 1.54) is 0 Å². The number of fused-ring (bicyclic) bond motifs is 2. The van der Waals surface area contributed by atoms with Gasteiger partial charge in [-0.1, -0.05) is 49.4 Å². The van der Waals surface area contributed by atoms with E-state index >= 15 is 0 Å². The van der Waals surface area contributed by atoms with E-state index in [1.54, 1.807) is 69.9 Å². The van der Waals surface area contributed by atoms with Crippen LogP contribution in [0.25, 0.3) is 0 Å². The summed E-state index contributed by atoms with van der Waals surface area (Å²) in [6.45, 7) is 3.23. The Kier molecular flexibility index (Phi) is 7.85. The molecule has 8 rings (SSSR count). The van der Waals surface area contributed by atoms with E-state index in [1.807, 2.05) is 6.07 Å². The van der Waals surface area contributed by atoms with Gasteiger partial charge in [-0.3, -0.25) is 9.62 Å². The molecule has 1 heterocycles. The van der Waals surface area contributed by atoms with E-state index in [-0.39, 0.29) is 58.9 Å². The van der Waals surface area contributed by atoms with E-state index in [9.17, 15) is 23.4 Å². The standard InChI is InChI=1S/C37H48N2O9S/c1-5-39-21-34(48-33(40)23-13-9-10-14-26(23)38-49(43,44)20-22-11-7-6-8-12-22)16-15-30(46-3)36-28(34)18-25(31(36)39)35(41)19-27(45-2)24-17-29(36)37(35,42)32(24)47-4/h6-14,24-25,27-32,38,41-42H,5,15-21H2,1-4H3/t24-,25+,27+,28-,29+,30+,31?,32+,34-,35+,36+,37+/m1/s1. The Morgan fingerprint density at radius 2 is 1.71 bits per heavy atom. The summed E-state index contributed by atoms with van der Waals surface area (Å²) < 4.78 is 54.4. The average molecular weight is 697 g/mol. The molecule has 266 valence electrons. The number of hydrogen-bond donors (Lipinski definition) is 3. The molecule has 12 atom stereocenters. The van der Waals surface area contributed by atoms with Crippen molar-refractivity contribution in [2.75, 3.05) is 39.1 Å². The first kappa shape index (κ1) is 33.6. The van der Waals surface area contributed by atoms with Gasteiger partial charge in [-0.05, 0) is 49.9 Å². The van der Waals surface area contributed by atoms with Crippen molar-refractivity contribution in [3.05, 3.63) is 65.7 Å². The normalized spacial score (nSPS) is 43.3. The van der Waals surface area contributed by atoms with Crippen molar-refractivity contribution >= 4 is 21.7 Å². The lowest BCUT2D eigenvalue weighted by molar-refractivity contribution is -0.337. The molecule has 0 radical (unpaired) electrons. The van der Waals surface area contributed by atoms with E-state index < -0.39 is 44.3 Å². The van der Waals surface area contributed by atoms with Crippen molar-refractivity contribution in [1.82, 2.24) is 4.90 Å². The zero-order valence-electron chi connectivity index (χ0n) is 28.6. The maximum atomic E-state index is 14.4. The fraction of sp³-hybridized carbons (Fsp3) is 0.649. The quantitative estimate of drug-likeness (QED) is 0.317. The van der Waals surface area contributed by atoms with Crippen molar-refractivity contribution in [2.24, 2.45) is 29.1 Å². The number of benzene rings is 2. The number of methoxy groups -OCH3 is 3. The summed E-state index contributed by atoms with van der Waals surface area (Å²) >= 11 is 0. The molecule has 49 heavy (non-hydrogen) atoms. The highest BCUT2D eigenvalue weighted by atomic mass is 32.2. The van der Waals surface area contributed by atoms with Crippen LogP contribution in [0, 0.1) is 29.1 Å². The first-order chi connectivity index (χ1) is 23.4. The van der Waals surface area contributed by atoms with Gasteiger partial charge in [0.15, 0.2) is 0 Å². The van der Waals surface area contributed by atoms with Gasteiger partial charge in [0.25, 0.3) is 0 Å². The van der Waals surface area contributed by atoms with Crippen LogP contribution >= 0.6 is 0 Å². The minimum atomic E-state index is -3.84. The highest BCUT2D eigenvalue weighted by Crippen LogP contribution is 2.79. The zero-order chi connectivity index (χ0) is 34.6. The Balaban J connectivity index is 1.19. The Hall–Kier alpha value is -2.58. The van der Waals surface area contributed by atoms with Gasteiger partial charge in [0.05, 0.1) is 35.3 Å². The first-order valence-corrected chi connectivity index (χ1v) is 19.2. The van der Waals surface area contributed by atoms with Gasteiger partial charge in [-0.15, -0.1) is 0 Å². The molecular weight excluding hydrogens is 648 g/mol. The number of esters is 1. The number of nitrogens with one attached hydrogen (secondary N) is 1. The van der Waals surface area contributed by atoms with E-state index in [0.717, 1.165) is 0 Å². The van der Waals surface area contributed by atoms with Crippen LogP contribution in [0.3, 0.4) is 0 Å².